The number of para-hydroxylation sites is 1. The predicted octanol–water partition coefficient (Wildman–Crippen LogP) is 8.89. The zero-order valence-corrected chi connectivity index (χ0v) is 24.1. The van der Waals surface area contributed by atoms with Gasteiger partial charge in [0.1, 0.15) is 22.2 Å². The van der Waals surface area contributed by atoms with E-state index in [9.17, 15) is 14.3 Å². The van der Waals surface area contributed by atoms with Gasteiger partial charge in [0.15, 0.2) is 0 Å². The summed E-state index contributed by atoms with van der Waals surface area (Å²) in [4.78, 5) is 17.9. The molecule has 0 fully saturated rings. The molecule has 0 unspecified atom stereocenters. The van der Waals surface area contributed by atoms with Crippen LogP contribution in [0.4, 0.5) is 10.1 Å². The van der Waals surface area contributed by atoms with Crippen molar-refractivity contribution in [3.05, 3.63) is 116 Å². The molecule has 1 aliphatic rings. The summed E-state index contributed by atoms with van der Waals surface area (Å²) in [5, 5.41) is 13.4. The van der Waals surface area contributed by atoms with Crippen LogP contribution in [-0.4, -0.2) is 27.3 Å². The molecule has 0 aliphatic carbocycles. The summed E-state index contributed by atoms with van der Waals surface area (Å²) < 4.78 is 21.9. The quantitative estimate of drug-likeness (QED) is 0.217. The zero-order chi connectivity index (χ0) is 28.4. The van der Waals surface area contributed by atoms with Gasteiger partial charge >= 0.3 is 5.97 Å². The molecule has 40 heavy (non-hydrogen) atoms. The van der Waals surface area contributed by atoms with Crippen LogP contribution in [0.5, 0.6) is 0 Å². The second-order valence-corrected chi connectivity index (χ2v) is 10.9. The smallest absolute Gasteiger partial charge is 0.344 e. The lowest BCUT2D eigenvalue weighted by molar-refractivity contribution is -0.138. The largest absolute Gasteiger partial charge is 0.506 e. The summed E-state index contributed by atoms with van der Waals surface area (Å²) in [7, 11) is 0. The van der Waals surface area contributed by atoms with Crippen molar-refractivity contribution in [2.24, 2.45) is 4.99 Å². The molecule has 3 aromatic carbocycles. The first-order chi connectivity index (χ1) is 19.3. The number of fused-ring (bicyclic) bond motifs is 1. The maximum Gasteiger partial charge on any atom is 0.344 e. The molecular formula is C31H25Cl2FN2O3S. The van der Waals surface area contributed by atoms with Crippen LogP contribution in [-0.2, 0) is 22.5 Å². The van der Waals surface area contributed by atoms with Crippen LogP contribution >= 0.6 is 35.0 Å². The van der Waals surface area contributed by atoms with Gasteiger partial charge in [0.2, 0.25) is 0 Å². The minimum atomic E-state index is -0.659. The Morgan fingerprint density at radius 2 is 1.85 bits per heavy atom. The number of ether oxygens (including phenoxy) is 1. The van der Waals surface area contributed by atoms with Gasteiger partial charge in [-0.2, -0.15) is 0 Å². The molecule has 1 N–H and O–H groups in total. The summed E-state index contributed by atoms with van der Waals surface area (Å²) in [5.41, 5.74) is 3.81. The number of rotatable bonds is 7. The number of carbonyl (C=O) groups is 1. The van der Waals surface area contributed by atoms with Gasteiger partial charge in [-0.15, -0.1) is 0 Å². The number of benzene rings is 3. The number of carbonyl (C=O) groups excluding carboxylic acids is 1. The van der Waals surface area contributed by atoms with Crippen molar-refractivity contribution in [3.63, 3.8) is 0 Å². The third-order valence-corrected chi connectivity index (χ3v) is 8.12. The Morgan fingerprint density at radius 1 is 1.10 bits per heavy atom. The van der Waals surface area contributed by atoms with E-state index >= 15 is 0 Å². The predicted molar refractivity (Wildman–Crippen MR) is 162 cm³/mol. The monoisotopic (exact) mass is 594 g/mol. The van der Waals surface area contributed by atoms with E-state index in [0.717, 1.165) is 28.5 Å². The van der Waals surface area contributed by atoms with E-state index in [2.05, 4.69) is 11.9 Å². The maximum absolute atomic E-state index is 14.7. The highest BCUT2D eigenvalue weighted by Crippen LogP contribution is 2.41. The Bertz CT molecular complexity index is 1690. The minimum Gasteiger partial charge on any atom is -0.506 e. The van der Waals surface area contributed by atoms with Crippen LogP contribution in [0, 0.1) is 5.82 Å². The van der Waals surface area contributed by atoms with Crippen molar-refractivity contribution in [3.8, 4) is 0 Å². The lowest BCUT2D eigenvalue weighted by atomic mass is 10.1. The highest BCUT2D eigenvalue weighted by molar-refractivity contribution is 8.18. The van der Waals surface area contributed by atoms with Crippen molar-refractivity contribution in [1.82, 2.24) is 4.57 Å². The van der Waals surface area contributed by atoms with E-state index in [1.54, 1.807) is 43.3 Å². The van der Waals surface area contributed by atoms with Crippen LogP contribution in [0.15, 0.2) is 88.1 Å². The summed E-state index contributed by atoms with van der Waals surface area (Å²) in [6.45, 7) is 4.15. The topological polar surface area (TPSA) is 63.8 Å². The zero-order valence-electron chi connectivity index (χ0n) is 21.7. The number of hydrogen-bond acceptors (Lipinski definition) is 5. The van der Waals surface area contributed by atoms with Crippen molar-refractivity contribution in [1.29, 1.82) is 0 Å². The summed E-state index contributed by atoms with van der Waals surface area (Å²) in [5.74, 6) is -1.24. The number of aliphatic imine (C=N–C) groups is 1. The van der Waals surface area contributed by atoms with Crippen LogP contribution in [0.25, 0.3) is 17.0 Å². The Hall–Kier alpha value is -3.52. The van der Waals surface area contributed by atoms with Crippen molar-refractivity contribution >= 4 is 68.6 Å². The number of aryl methyl sites for hydroxylation is 1. The molecule has 4 aromatic rings. The number of halogens is 3. The SMILES string of the molecule is CCOC(=O)C1=C(O)/C(=C/c2cn(Cc3c(F)cccc3Cl)c3c(CC)cccc23)SC1=Nc1ccc(Cl)cc1. The second-order valence-electron chi connectivity index (χ2n) is 9.03. The molecule has 0 bridgehead atoms. The molecule has 1 aliphatic heterocycles. The number of esters is 1. The fourth-order valence-corrected chi connectivity index (χ4v) is 5.98. The minimum absolute atomic E-state index is 0.00386. The fraction of sp³-hybridized carbons (Fsp3) is 0.161. The molecule has 0 saturated heterocycles. The first-order valence-corrected chi connectivity index (χ1v) is 14.3. The van der Waals surface area contributed by atoms with Crippen molar-refractivity contribution < 1.29 is 19.0 Å². The molecule has 0 spiro atoms. The van der Waals surface area contributed by atoms with Gasteiger partial charge in [0.05, 0.1) is 29.3 Å². The van der Waals surface area contributed by atoms with Crippen LogP contribution < -0.4 is 0 Å². The third-order valence-electron chi connectivity index (χ3n) is 6.50. The van der Waals surface area contributed by atoms with E-state index in [-0.39, 0.29) is 30.3 Å². The number of aromatic nitrogens is 1. The fourth-order valence-electron chi connectivity index (χ4n) is 4.61. The summed E-state index contributed by atoms with van der Waals surface area (Å²) >= 11 is 13.5. The van der Waals surface area contributed by atoms with Gasteiger partial charge in [-0.3, -0.25) is 0 Å². The van der Waals surface area contributed by atoms with Gasteiger partial charge < -0.3 is 14.4 Å². The number of nitrogens with zero attached hydrogens (tertiary/aromatic N) is 2. The Labute approximate surface area is 245 Å². The highest BCUT2D eigenvalue weighted by Gasteiger charge is 2.33. The van der Waals surface area contributed by atoms with E-state index in [1.807, 2.05) is 35.0 Å². The molecule has 1 aromatic heterocycles. The molecule has 0 amide bonds. The van der Waals surface area contributed by atoms with Gasteiger partial charge in [-0.1, -0.05) is 66.2 Å². The number of hydrogen-bond donors (Lipinski definition) is 1. The first kappa shape index (κ1) is 28.0. The molecule has 5 nitrogen and oxygen atoms in total. The molecule has 204 valence electrons. The van der Waals surface area contributed by atoms with E-state index in [4.69, 9.17) is 27.9 Å². The number of thioether (sulfide) groups is 1. The Kier molecular flexibility index (Phi) is 8.35. The van der Waals surface area contributed by atoms with Crippen molar-refractivity contribution in [2.75, 3.05) is 6.61 Å². The standard InChI is InChI=1S/C31H25Cl2FN2O3S/c1-3-18-7-5-8-22-19(16-36(28(18)22)17-23-24(33)9-6-10-25(23)34)15-26-29(37)27(31(38)39-4-2)30(40-26)35-21-13-11-20(32)12-14-21/h5-16,37H,3-4,17H2,1-2H3/b26-15-,35-30?. The number of aliphatic hydroxyl groups excluding tert-OH is 1. The molecular weight excluding hydrogens is 570 g/mol. The van der Waals surface area contributed by atoms with Crippen LogP contribution in [0.3, 0.4) is 0 Å². The molecule has 5 rings (SSSR count). The molecule has 2 heterocycles. The normalized spacial score (nSPS) is 15.5. The van der Waals surface area contributed by atoms with Crippen molar-refractivity contribution in [2.45, 2.75) is 26.8 Å². The van der Waals surface area contributed by atoms with E-state index in [0.29, 0.717) is 31.2 Å². The number of aliphatic hydroxyl groups is 1. The third kappa shape index (κ3) is 5.55. The van der Waals surface area contributed by atoms with Crippen LogP contribution in [0.2, 0.25) is 10.0 Å². The molecule has 9 heteroatoms. The molecule has 0 radical (unpaired) electrons. The molecule has 0 atom stereocenters. The van der Waals surface area contributed by atoms with E-state index in [1.165, 1.54) is 17.8 Å². The van der Waals surface area contributed by atoms with E-state index < -0.39 is 5.97 Å². The Morgan fingerprint density at radius 3 is 2.55 bits per heavy atom. The average molecular weight is 596 g/mol. The molecule has 0 saturated carbocycles. The Balaban J connectivity index is 1.63. The average Bonchev–Trinajstić information content (AvgIpc) is 3.44. The van der Waals surface area contributed by atoms with Gasteiger partial charge in [-0.05, 0) is 61.4 Å². The van der Waals surface area contributed by atoms with Gasteiger partial charge in [0, 0.05) is 32.8 Å². The first-order valence-electron chi connectivity index (χ1n) is 12.7. The van der Waals surface area contributed by atoms with Gasteiger partial charge in [0.25, 0.3) is 0 Å². The summed E-state index contributed by atoms with van der Waals surface area (Å²) in [6.07, 6.45) is 4.49. The van der Waals surface area contributed by atoms with Crippen LogP contribution in [0.1, 0.15) is 30.5 Å². The lowest BCUT2D eigenvalue weighted by Crippen LogP contribution is -2.12. The highest BCUT2D eigenvalue weighted by atomic mass is 35.5. The summed E-state index contributed by atoms with van der Waals surface area (Å²) in [6, 6.07) is 17.5. The van der Waals surface area contributed by atoms with Gasteiger partial charge in [-0.25, -0.2) is 14.2 Å². The maximum atomic E-state index is 14.7. The second kappa shape index (κ2) is 11.9. The lowest BCUT2D eigenvalue weighted by Gasteiger charge is -2.11.